The number of nitrogens with zero attached hydrogens (tertiary/aromatic N) is 2. The predicted octanol–water partition coefficient (Wildman–Crippen LogP) is 4.30. The molecule has 3 rings (SSSR count). The van der Waals surface area contributed by atoms with E-state index in [2.05, 4.69) is 10.3 Å². The third kappa shape index (κ3) is 3.73. The van der Waals surface area contributed by atoms with Gasteiger partial charge in [-0.2, -0.15) is 10.2 Å². The topological polar surface area (TPSA) is 71.1 Å². The maximum Gasteiger partial charge on any atom is 0.236 e. The molecule has 0 unspecified atom stereocenters. The van der Waals surface area contributed by atoms with Gasteiger partial charge in [-0.1, -0.05) is 48.5 Å². The van der Waals surface area contributed by atoms with Gasteiger partial charge < -0.3 is 14.5 Å². The number of para-hydroxylation sites is 1. The summed E-state index contributed by atoms with van der Waals surface area (Å²) >= 11 is 0. The number of anilines is 1. The average Bonchev–Trinajstić information content (AvgIpc) is 3.03. The SMILES string of the molecule is C[C@H](Nc1oc(COc2ccccc2)nc1C#N)c1ccccc1. The summed E-state index contributed by atoms with van der Waals surface area (Å²) in [5.74, 6) is 1.44. The molecule has 120 valence electrons. The van der Waals surface area contributed by atoms with Gasteiger partial charge in [-0.05, 0) is 24.6 Å². The van der Waals surface area contributed by atoms with Crippen LogP contribution in [0.3, 0.4) is 0 Å². The minimum absolute atomic E-state index is 0.00542. The Morgan fingerprint density at radius 3 is 2.46 bits per heavy atom. The Kier molecular flexibility index (Phi) is 4.78. The quantitative estimate of drug-likeness (QED) is 0.733. The molecule has 0 radical (unpaired) electrons. The molecule has 0 bridgehead atoms. The van der Waals surface area contributed by atoms with Crippen molar-refractivity contribution < 1.29 is 9.15 Å². The molecule has 0 saturated heterocycles. The first-order chi connectivity index (χ1) is 11.8. The lowest BCUT2D eigenvalue weighted by atomic mass is 10.1. The first kappa shape index (κ1) is 15.6. The van der Waals surface area contributed by atoms with E-state index in [-0.39, 0.29) is 18.3 Å². The number of aromatic nitrogens is 1. The standard InChI is InChI=1S/C19H17N3O2/c1-14(15-8-4-2-5-9-15)21-19-17(12-20)22-18(24-19)13-23-16-10-6-3-7-11-16/h2-11,14,21H,13H2,1H3/t14-/m0/s1. The van der Waals surface area contributed by atoms with Gasteiger partial charge in [0.05, 0.1) is 6.04 Å². The Hall–Kier alpha value is -3.26. The van der Waals surface area contributed by atoms with Gasteiger partial charge in [-0.15, -0.1) is 0 Å². The minimum Gasteiger partial charge on any atom is -0.484 e. The summed E-state index contributed by atoms with van der Waals surface area (Å²) in [7, 11) is 0. The van der Waals surface area contributed by atoms with E-state index in [1.54, 1.807) is 0 Å². The molecule has 0 amide bonds. The highest BCUT2D eigenvalue weighted by Gasteiger charge is 2.16. The van der Waals surface area contributed by atoms with Gasteiger partial charge in [0.25, 0.3) is 0 Å². The second kappa shape index (κ2) is 7.34. The number of rotatable bonds is 6. The number of ether oxygens (including phenoxy) is 1. The lowest BCUT2D eigenvalue weighted by molar-refractivity contribution is 0.264. The fourth-order valence-corrected chi connectivity index (χ4v) is 2.28. The van der Waals surface area contributed by atoms with Crippen LogP contribution in [0.15, 0.2) is 65.1 Å². The van der Waals surface area contributed by atoms with E-state index >= 15 is 0 Å². The van der Waals surface area contributed by atoms with Crippen LogP contribution >= 0.6 is 0 Å². The summed E-state index contributed by atoms with van der Waals surface area (Å²) in [5, 5.41) is 12.4. The summed E-state index contributed by atoms with van der Waals surface area (Å²) in [6.45, 7) is 2.17. The van der Waals surface area contributed by atoms with Crippen molar-refractivity contribution in [3.63, 3.8) is 0 Å². The second-order valence-corrected chi connectivity index (χ2v) is 5.28. The number of hydrogen-bond donors (Lipinski definition) is 1. The first-order valence-corrected chi connectivity index (χ1v) is 7.65. The Morgan fingerprint density at radius 2 is 1.79 bits per heavy atom. The maximum atomic E-state index is 9.25. The van der Waals surface area contributed by atoms with Gasteiger partial charge in [-0.3, -0.25) is 0 Å². The summed E-state index contributed by atoms with van der Waals surface area (Å²) in [5.41, 5.74) is 1.32. The molecule has 0 saturated carbocycles. The lowest BCUT2D eigenvalue weighted by Gasteiger charge is -2.13. The first-order valence-electron chi connectivity index (χ1n) is 7.65. The van der Waals surface area contributed by atoms with Crippen LogP contribution in [0.4, 0.5) is 5.88 Å². The van der Waals surface area contributed by atoms with Crippen LogP contribution in [-0.2, 0) is 6.61 Å². The van der Waals surface area contributed by atoms with Crippen LogP contribution in [0.25, 0.3) is 0 Å². The summed E-state index contributed by atoms with van der Waals surface area (Å²) in [6.07, 6.45) is 0. The fourth-order valence-electron chi connectivity index (χ4n) is 2.28. The van der Waals surface area contributed by atoms with E-state index in [0.717, 1.165) is 11.3 Å². The number of hydrogen-bond acceptors (Lipinski definition) is 5. The van der Waals surface area contributed by atoms with E-state index in [9.17, 15) is 5.26 Å². The van der Waals surface area contributed by atoms with Gasteiger partial charge in [0.2, 0.25) is 17.5 Å². The molecule has 5 heteroatoms. The van der Waals surface area contributed by atoms with Crippen molar-refractivity contribution >= 4 is 5.88 Å². The molecule has 24 heavy (non-hydrogen) atoms. The molecule has 0 aliphatic heterocycles. The van der Waals surface area contributed by atoms with Crippen LogP contribution in [-0.4, -0.2) is 4.98 Å². The molecule has 0 fully saturated rings. The summed E-state index contributed by atoms with van der Waals surface area (Å²) in [4.78, 5) is 4.18. The van der Waals surface area contributed by atoms with Crippen molar-refractivity contribution in [2.75, 3.05) is 5.32 Å². The number of nitriles is 1. The van der Waals surface area contributed by atoms with Gasteiger partial charge in [0.1, 0.15) is 11.8 Å². The maximum absolute atomic E-state index is 9.25. The largest absolute Gasteiger partial charge is 0.484 e. The van der Waals surface area contributed by atoms with Crippen molar-refractivity contribution in [3.05, 3.63) is 77.8 Å². The van der Waals surface area contributed by atoms with E-state index < -0.39 is 0 Å². The van der Waals surface area contributed by atoms with E-state index in [1.807, 2.05) is 73.7 Å². The molecule has 3 aromatic rings. The normalized spacial score (nSPS) is 11.5. The molecule has 1 N–H and O–H groups in total. The molecule has 1 heterocycles. The molecule has 0 aliphatic rings. The molecule has 2 aromatic carbocycles. The van der Waals surface area contributed by atoms with Gasteiger partial charge in [0, 0.05) is 0 Å². The van der Waals surface area contributed by atoms with E-state index in [0.29, 0.717) is 11.8 Å². The molecular weight excluding hydrogens is 302 g/mol. The lowest BCUT2D eigenvalue weighted by Crippen LogP contribution is -2.06. The molecule has 0 aliphatic carbocycles. The Morgan fingerprint density at radius 1 is 1.12 bits per heavy atom. The van der Waals surface area contributed by atoms with Crippen LogP contribution in [0.1, 0.15) is 30.1 Å². The Balaban J connectivity index is 1.70. The van der Waals surface area contributed by atoms with Gasteiger partial charge >= 0.3 is 0 Å². The zero-order valence-corrected chi connectivity index (χ0v) is 13.3. The molecule has 1 aromatic heterocycles. The average molecular weight is 319 g/mol. The van der Waals surface area contributed by atoms with Crippen LogP contribution in [0.2, 0.25) is 0 Å². The van der Waals surface area contributed by atoms with E-state index in [4.69, 9.17) is 9.15 Å². The Bertz CT molecular complexity index is 823. The molecule has 0 spiro atoms. The van der Waals surface area contributed by atoms with E-state index in [1.165, 1.54) is 0 Å². The van der Waals surface area contributed by atoms with Crippen molar-refractivity contribution in [3.8, 4) is 11.8 Å². The highest BCUT2D eigenvalue weighted by molar-refractivity contribution is 5.47. The zero-order valence-electron chi connectivity index (χ0n) is 13.3. The van der Waals surface area contributed by atoms with Crippen LogP contribution < -0.4 is 10.1 Å². The van der Waals surface area contributed by atoms with Gasteiger partial charge in [0.15, 0.2) is 6.61 Å². The minimum atomic E-state index is -0.00542. The van der Waals surface area contributed by atoms with Crippen LogP contribution in [0.5, 0.6) is 5.75 Å². The van der Waals surface area contributed by atoms with Crippen molar-refractivity contribution in [1.29, 1.82) is 5.26 Å². The number of benzene rings is 2. The second-order valence-electron chi connectivity index (χ2n) is 5.28. The third-order valence-electron chi connectivity index (χ3n) is 3.53. The number of nitrogens with one attached hydrogen (secondary N) is 1. The van der Waals surface area contributed by atoms with Crippen molar-refractivity contribution in [2.24, 2.45) is 0 Å². The summed E-state index contributed by atoms with van der Waals surface area (Å²) in [6, 6.07) is 21.4. The molecule has 1 atom stereocenters. The molecule has 5 nitrogen and oxygen atoms in total. The fraction of sp³-hybridized carbons (Fsp3) is 0.158. The monoisotopic (exact) mass is 319 g/mol. The highest BCUT2D eigenvalue weighted by atomic mass is 16.5. The zero-order chi connectivity index (χ0) is 16.8. The smallest absolute Gasteiger partial charge is 0.236 e. The Labute approximate surface area is 140 Å². The van der Waals surface area contributed by atoms with Crippen LogP contribution in [0, 0.1) is 11.3 Å². The van der Waals surface area contributed by atoms with Gasteiger partial charge in [-0.25, -0.2) is 0 Å². The number of oxazole rings is 1. The highest BCUT2D eigenvalue weighted by Crippen LogP contribution is 2.24. The predicted molar refractivity (Wildman–Crippen MR) is 90.5 cm³/mol. The summed E-state index contributed by atoms with van der Waals surface area (Å²) < 4.78 is 11.3. The van der Waals surface area contributed by atoms with Crippen molar-refractivity contribution in [2.45, 2.75) is 19.6 Å². The third-order valence-corrected chi connectivity index (χ3v) is 3.53. The van der Waals surface area contributed by atoms with Crippen molar-refractivity contribution in [1.82, 2.24) is 4.98 Å². The molecular formula is C19H17N3O2.